The fourth-order valence-corrected chi connectivity index (χ4v) is 4.24. The van der Waals surface area contributed by atoms with E-state index >= 15 is 0 Å². The van der Waals surface area contributed by atoms with Crippen LogP contribution >= 0.6 is 0 Å². The average molecular weight is 279 g/mol. The highest BCUT2D eigenvalue weighted by atomic mass is 16.1. The lowest BCUT2D eigenvalue weighted by Crippen LogP contribution is -2.39. The molecule has 0 bridgehead atoms. The number of rotatable bonds is 5. The largest absolute Gasteiger partial charge is 0.303 e. The quantitative estimate of drug-likeness (QED) is 0.694. The Labute approximate surface area is 125 Å². The molecule has 2 aliphatic carbocycles. The summed E-state index contributed by atoms with van der Waals surface area (Å²) >= 11 is 0. The summed E-state index contributed by atoms with van der Waals surface area (Å²) < 4.78 is 0. The summed E-state index contributed by atoms with van der Waals surface area (Å²) in [4.78, 5) is 14.7. The van der Waals surface area contributed by atoms with E-state index in [0.29, 0.717) is 11.7 Å². The molecule has 0 aromatic rings. The fourth-order valence-electron chi connectivity index (χ4n) is 4.24. The first-order valence-corrected chi connectivity index (χ1v) is 8.93. The van der Waals surface area contributed by atoms with Crippen LogP contribution in [0.25, 0.3) is 0 Å². The van der Waals surface area contributed by atoms with Gasteiger partial charge in [0, 0.05) is 24.9 Å². The summed E-state index contributed by atoms with van der Waals surface area (Å²) in [7, 11) is 2.26. The lowest BCUT2D eigenvalue weighted by molar-refractivity contribution is -0.126. The van der Waals surface area contributed by atoms with Crippen LogP contribution in [0.5, 0.6) is 0 Å². The van der Waals surface area contributed by atoms with Crippen molar-refractivity contribution in [3.05, 3.63) is 0 Å². The van der Waals surface area contributed by atoms with Crippen molar-refractivity contribution in [2.75, 3.05) is 13.6 Å². The molecule has 2 atom stereocenters. The van der Waals surface area contributed by atoms with Gasteiger partial charge in [0.05, 0.1) is 0 Å². The van der Waals surface area contributed by atoms with Crippen molar-refractivity contribution in [2.45, 2.75) is 83.6 Å². The van der Waals surface area contributed by atoms with Crippen molar-refractivity contribution in [1.82, 2.24) is 4.90 Å². The van der Waals surface area contributed by atoms with Crippen molar-refractivity contribution in [2.24, 2.45) is 11.8 Å². The number of carbonyl (C=O) groups excluding carboxylic acids is 1. The Balaban J connectivity index is 1.84. The Hall–Kier alpha value is -0.370. The molecule has 2 unspecified atom stereocenters. The highest BCUT2D eigenvalue weighted by Crippen LogP contribution is 2.31. The second-order valence-corrected chi connectivity index (χ2v) is 7.18. The third-order valence-corrected chi connectivity index (χ3v) is 5.53. The van der Waals surface area contributed by atoms with Gasteiger partial charge >= 0.3 is 0 Å². The molecule has 0 spiro atoms. The van der Waals surface area contributed by atoms with E-state index in [0.717, 1.165) is 37.8 Å². The average Bonchev–Trinajstić information content (AvgIpc) is 2.72. The van der Waals surface area contributed by atoms with Gasteiger partial charge in [-0.1, -0.05) is 45.4 Å². The summed E-state index contributed by atoms with van der Waals surface area (Å²) in [6.45, 7) is 3.28. The first-order chi connectivity index (χ1) is 9.70. The monoisotopic (exact) mass is 279 g/mol. The summed E-state index contributed by atoms with van der Waals surface area (Å²) in [6, 6.07) is 0.733. The standard InChI is InChI=1S/C18H33NO/c1-3-8-15-11-12-18(20)16(13-15)14-19(2)17-9-6-4-5-7-10-17/h15-17H,3-14H2,1-2H3. The van der Waals surface area contributed by atoms with E-state index in [1.807, 2.05) is 0 Å². The molecule has 2 aliphatic rings. The van der Waals surface area contributed by atoms with Crippen LogP contribution in [0.4, 0.5) is 0 Å². The summed E-state index contributed by atoms with van der Waals surface area (Å²) in [5.74, 6) is 1.68. The Morgan fingerprint density at radius 1 is 1.10 bits per heavy atom. The van der Waals surface area contributed by atoms with E-state index < -0.39 is 0 Å². The predicted octanol–water partition coefficient (Wildman–Crippen LogP) is 4.43. The van der Waals surface area contributed by atoms with Crippen LogP contribution in [0.2, 0.25) is 0 Å². The summed E-state index contributed by atoms with van der Waals surface area (Å²) in [5, 5.41) is 0. The molecule has 0 N–H and O–H groups in total. The van der Waals surface area contributed by atoms with Crippen LogP contribution < -0.4 is 0 Å². The fraction of sp³-hybridized carbons (Fsp3) is 0.944. The lowest BCUT2D eigenvalue weighted by Gasteiger charge is -2.34. The zero-order valence-corrected chi connectivity index (χ0v) is 13.6. The number of Topliss-reactive ketones (excluding diaryl/α,β-unsaturated/α-hetero) is 1. The van der Waals surface area contributed by atoms with E-state index in [1.54, 1.807) is 0 Å². The Kier molecular flexibility index (Phi) is 6.54. The number of ketones is 1. The lowest BCUT2D eigenvalue weighted by atomic mass is 9.78. The first-order valence-electron chi connectivity index (χ1n) is 8.93. The topological polar surface area (TPSA) is 20.3 Å². The molecule has 0 aromatic heterocycles. The Morgan fingerprint density at radius 2 is 1.80 bits per heavy atom. The minimum atomic E-state index is 0.327. The predicted molar refractivity (Wildman–Crippen MR) is 84.9 cm³/mol. The minimum Gasteiger partial charge on any atom is -0.303 e. The second kappa shape index (κ2) is 8.17. The molecule has 0 aliphatic heterocycles. The van der Waals surface area contributed by atoms with Crippen LogP contribution in [0.15, 0.2) is 0 Å². The molecular formula is C18H33NO. The number of carbonyl (C=O) groups is 1. The van der Waals surface area contributed by atoms with E-state index in [2.05, 4.69) is 18.9 Å². The maximum Gasteiger partial charge on any atom is 0.137 e. The van der Waals surface area contributed by atoms with E-state index in [4.69, 9.17) is 0 Å². The summed E-state index contributed by atoms with van der Waals surface area (Å²) in [5.41, 5.74) is 0. The molecule has 0 radical (unpaired) electrons. The second-order valence-electron chi connectivity index (χ2n) is 7.18. The first kappa shape index (κ1) is 16.0. The SMILES string of the molecule is CCCC1CCC(=O)C(CN(C)C2CCCCCC2)C1. The Bertz CT molecular complexity index is 294. The molecule has 0 amide bonds. The molecule has 2 heteroatoms. The highest BCUT2D eigenvalue weighted by molar-refractivity contribution is 5.81. The van der Waals surface area contributed by atoms with Gasteiger partial charge in [-0.15, -0.1) is 0 Å². The normalized spacial score (nSPS) is 29.6. The van der Waals surface area contributed by atoms with Gasteiger partial charge in [0.2, 0.25) is 0 Å². The minimum absolute atomic E-state index is 0.327. The van der Waals surface area contributed by atoms with Crippen molar-refractivity contribution < 1.29 is 4.79 Å². The number of hydrogen-bond donors (Lipinski definition) is 0. The van der Waals surface area contributed by atoms with Gasteiger partial charge in [-0.3, -0.25) is 4.79 Å². The van der Waals surface area contributed by atoms with E-state index in [9.17, 15) is 4.79 Å². The van der Waals surface area contributed by atoms with E-state index in [1.165, 1.54) is 51.4 Å². The van der Waals surface area contributed by atoms with Crippen molar-refractivity contribution in [3.63, 3.8) is 0 Å². The molecule has 116 valence electrons. The zero-order chi connectivity index (χ0) is 14.4. The molecule has 20 heavy (non-hydrogen) atoms. The van der Waals surface area contributed by atoms with Crippen LogP contribution in [0.3, 0.4) is 0 Å². The van der Waals surface area contributed by atoms with Gasteiger partial charge in [0.1, 0.15) is 5.78 Å². The Morgan fingerprint density at radius 3 is 2.45 bits per heavy atom. The van der Waals surface area contributed by atoms with Gasteiger partial charge in [-0.25, -0.2) is 0 Å². The molecular weight excluding hydrogens is 246 g/mol. The summed E-state index contributed by atoms with van der Waals surface area (Å²) in [6.07, 6.45) is 14.0. The van der Waals surface area contributed by atoms with E-state index in [-0.39, 0.29) is 0 Å². The van der Waals surface area contributed by atoms with Crippen LogP contribution in [0.1, 0.15) is 77.6 Å². The molecule has 2 rings (SSSR count). The van der Waals surface area contributed by atoms with Gasteiger partial charge in [-0.05, 0) is 38.6 Å². The van der Waals surface area contributed by atoms with Gasteiger partial charge in [0.25, 0.3) is 0 Å². The third kappa shape index (κ3) is 4.58. The smallest absolute Gasteiger partial charge is 0.137 e. The van der Waals surface area contributed by atoms with Crippen LogP contribution in [-0.2, 0) is 4.79 Å². The van der Waals surface area contributed by atoms with Gasteiger partial charge in [0.15, 0.2) is 0 Å². The van der Waals surface area contributed by atoms with Crippen LogP contribution in [0, 0.1) is 11.8 Å². The van der Waals surface area contributed by atoms with Gasteiger partial charge in [-0.2, -0.15) is 0 Å². The molecule has 0 aromatic carbocycles. The maximum absolute atomic E-state index is 12.2. The molecule has 0 heterocycles. The van der Waals surface area contributed by atoms with Crippen molar-refractivity contribution in [1.29, 1.82) is 0 Å². The molecule has 2 nitrogen and oxygen atoms in total. The number of hydrogen-bond acceptors (Lipinski definition) is 2. The zero-order valence-electron chi connectivity index (χ0n) is 13.6. The maximum atomic E-state index is 12.2. The molecule has 0 saturated heterocycles. The van der Waals surface area contributed by atoms with Gasteiger partial charge < -0.3 is 4.90 Å². The van der Waals surface area contributed by atoms with Crippen molar-refractivity contribution in [3.8, 4) is 0 Å². The van der Waals surface area contributed by atoms with Crippen LogP contribution in [-0.4, -0.2) is 30.3 Å². The van der Waals surface area contributed by atoms with Crippen molar-refractivity contribution >= 4 is 5.78 Å². The third-order valence-electron chi connectivity index (χ3n) is 5.53. The molecule has 2 saturated carbocycles. The highest BCUT2D eigenvalue weighted by Gasteiger charge is 2.30. The number of nitrogens with zero attached hydrogens (tertiary/aromatic N) is 1. The molecule has 2 fully saturated rings.